The molecular formula is C22H27N5O4. The van der Waals surface area contributed by atoms with Gasteiger partial charge in [-0.15, -0.1) is 0 Å². The van der Waals surface area contributed by atoms with Crippen LogP contribution >= 0.6 is 0 Å². The Kier molecular flexibility index (Phi) is 5.02. The lowest BCUT2D eigenvalue weighted by Gasteiger charge is -2.48. The Bertz CT molecular complexity index is 955. The highest BCUT2D eigenvalue weighted by atomic mass is 16.2. The number of carbonyl (C=O) groups is 4. The van der Waals surface area contributed by atoms with E-state index < -0.39 is 17.5 Å². The summed E-state index contributed by atoms with van der Waals surface area (Å²) in [6, 6.07) is 5.07. The van der Waals surface area contributed by atoms with E-state index in [2.05, 4.69) is 20.9 Å². The van der Waals surface area contributed by atoms with E-state index in [9.17, 15) is 19.2 Å². The maximum absolute atomic E-state index is 13.1. The van der Waals surface area contributed by atoms with Crippen LogP contribution in [0.4, 0.5) is 0 Å². The first-order valence-electron chi connectivity index (χ1n) is 11.0. The van der Waals surface area contributed by atoms with Gasteiger partial charge >= 0.3 is 0 Å². The molecule has 3 saturated heterocycles. The number of fused-ring (bicyclic) bond motifs is 1. The lowest BCUT2D eigenvalue weighted by Crippen LogP contribution is -2.67. The quantitative estimate of drug-likeness (QED) is 0.564. The van der Waals surface area contributed by atoms with Crippen molar-refractivity contribution in [2.45, 2.75) is 50.4 Å². The molecular weight excluding hydrogens is 398 g/mol. The van der Waals surface area contributed by atoms with E-state index in [4.69, 9.17) is 0 Å². The van der Waals surface area contributed by atoms with Crippen molar-refractivity contribution in [2.24, 2.45) is 0 Å². The Morgan fingerprint density at radius 3 is 2.65 bits per heavy atom. The Morgan fingerprint density at radius 1 is 1.06 bits per heavy atom. The molecule has 9 heteroatoms. The van der Waals surface area contributed by atoms with Crippen LogP contribution in [0.15, 0.2) is 18.2 Å². The molecule has 1 aromatic carbocycles. The number of hydrogen-bond donors (Lipinski definition) is 3. The summed E-state index contributed by atoms with van der Waals surface area (Å²) in [5.41, 5.74) is 2.04. The highest BCUT2D eigenvalue weighted by molar-refractivity contribution is 6.05. The first-order chi connectivity index (χ1) is 15.0. The van der Waals surface area contributed by atoms with Gasteiger partial charge in [-0.1, -0.05) is 12.1 Å². The Morgan fingerprint density at radius 2 is 1.87 bits per heavy atom. The number of benzene rings is 1. The van der Waals surface area contributed by atoms with Crippen LogP contribution in [-0.2, 0) is 27.5 Å². The Balaban J connectivity index is 1.41. The van der Waals surface area contributed by atoms with Crippen LogP contribution in [0.1, 0.15) is 47.2 Å². The zero-order valence-electron chi connectivity index (χ0n) is 17.4. The highest BCUT2D eigenvalue weighted by Crippen LogP contribution is 2.34. The van der Waals surface area contributed by atoms with Crippen molar-refractivity contribution in [3.8, 4) is 0 Å². The van der Waals surface area contributed by atoms with Gasteiger partial charge in [-0.3, -0.25) is 29.4 Å². The fourth-order valence-electron chi connectivity index (χ4n) is 5.44. The summed E-state index contributed by atoms with van der Waals surface area (Å²) in [7, 11) is 0. The lowest BCUT2D eigenvalue weighted by molar-refractivity contribution is -0.140. The highest BCUT2D eigenvalue weighted by Gasteiger charge is 2.47. The number of nitrogens with one attached hydrogen (secondary N) is 3. The van der Waals surface area contributed by atoms with Crippen molar-refractivity contribution in [1.82, 2.24) is 25.8 Å². The van der Waals surface area contributed by atoms with Crippen LogP contribution in [0, 0.1) is 0 Å². The molecule has 0 aromatic heterocycles. The largest absolute Gasteiger partial charge is 0.353 e. The van der Waals surface area contributed by atoms with Crippen molar-refractivity contribution in [1.29, 1.82) is 0 Å². The molecule has 5 rings (SSSR count). The molecule has 1 unspecified atom stereocenters. The van der Waals surface area contributed by atoms with Crippen LogP contribution in [0.25, 0.3) is 0 Å². The average Bonchev–Trinajstić information content (AvgIpc) is 3.10. The molecule has 4 amide bonds. The van der Waals surface area contributed by atoms with Gasteiger partial charge in [0.15, 0.2) is 0 Å². The maximum atomic E-state index is 13.1. The van der Waals surface area contributed by atoms with Gasteiger partial charge in [0.1, 0.15) is 11.6 Å². The molecule has 4 aliphatic rings. The molecule has 0 saturated carbocycles. The van der Waals surface area contributed by atoms with Gasteiger partial charge in [-0.05, 0) is 49.5 Å². The second-order valence-electron chi connectivity index (χ2n) is 8.80. The summed E-state index contributed by atoms with van der Waals surface area (Å²) < 4.78 is 0. The maximum Gasteiger partial charge on any atom is 0.255 e. The van der Waals surface area contributed by atoms with E-state index in [1.54, 1.807) is 11.0 Å². The Labute approximate surface area is 180 Å². The molecule has 0 aliphatic carbocycles. The smallest absolute Gasteiger partial charge is 0.255 e. The minimum atomic E-state index is -0.623. The fraction of sp³-hybridized carbons (Fsp3) is 0.545. The van der Waals surface area contributed by atoms with Crippen molar-refractivity contribution in [2.75, 3.05) is 26.2 Å². The van der Waals surface area contributed by atoms with E-state index in [1.807, 2.05) is 12.1 Å². The van der Waals surface area contributed by atoms with E-state index in [0.29, 0.717) is 31.6 Å². The fourth-order valence-corrected chi connectivity index (χ4v) is 5.44. The first kappa shape index (κ1) is 20.1. The summed E-state index contributed by atoms with van der Waals surface area (Å²) in [6.45, 7) is 3.93. The van der Waals surface area contributed by atoms with Crippen molar-refractivity contribution in [3.05, 3.63) is 34.9 Å². The van der Waals surface area contributed by atoms with Crippen LogP contribution < -0.4 is 16.0 Å². The van der Waals surface area contributed by atoms with E-state index in [1.165, 1.54) is 0 Å². The molecule has 31 heavy (non-hydrogen) atoms. The molecule has 3 fully saturated rings. The van der Waals surface area contributed by atoms with Crippen LogP contribution in [0.2, 0.25) is 0 Å². The molecule has 1 spiro atoms. The SMILES string of the molecule is O=C1CCC(N2Cc3c(CN4CCNC(=O)C45CCNCC5)cccc3C2=O)C(=O)N1. The number of amides is 4. The summed E-state index contributed by atoms with van der Waals surface area (Å²) in [6.07, 6.45) is 2.11. The van der Waals surface area contributed by atoms with E-state index >= 15 is 0 Å². The monoisotopic (exact) mass is 425 g/mol. The summed E-state index contributed by atoms with van der Waals surface area (Å²) in [5, 5.41) is 8.72. The standard InChI is InChI=1S/C22H27N5O4/c28-18-5-4-17(19(29)25-18)27-13-16-14(2-1-3-15(16)20(27)30)12-26-11-10-24-21(31)22(26)6-8-23-9-7-22/h1-3,17,23H,4-13H2,(H,24,31)(H,25,28,29). The van der Waals surface area contributed by atoms with E-state index in [0.717, 1.165) is 43.6 Å². The molecule has 0 radical (unpaired) electrons. The number of rotatable bonds is 3. The van der Waals surface area contributed by atoms with Crippen molar-refractivity contribution < 1.29 is 19.2 Å². The van der Waals surface area contributed by atoms with Gasteiger partial charge < -0.3 is 15.5 Å². The normalized spacial score (nSPS) is 26.1. The summed E-state index contributed by atoms with van der Waals surface area (Å²) in [4.78, 5) is 53.7. The third-order valence-electron chi connectivity index (χ3n) is 7.17. The number of nitrogens with zero attached hydrogens (tertiary/aromatic N) is 2. The van der Waals surface area contributed by atoms with Crippen LogP contribution in [0.3, 0.4) is 0 Å². The van der Waals surface area contributed by atoms with Crippen molar-refractivity contribution >= 4 is 23.6 Å². The molecule has 0 bridgehead atoms. The number of hydrogen-bond acceptors (Lipinski definition) is 6. The number of piperidine rings is 2. The third-order valence-corrected chi connectivity index (χ3v) is 7.17. The van der Waals surface area contributed by atoms with Gasteiger partial charge in [-0.25, -0.2) is 0 Å². The zero-order valence-corrected chi connectivity index (χ0v) is 17.4. The number of piperazine rings is 1. The van der Waals surface area contributed by atoms with Gasteiger partial charge in [0.2, 0.25) is 17.7 Å². The van der Waals surface area contributed by atoms with Gasteiger partial charge in [0.05, 0.1) is 0 Å². The zero-order chi connectivity index (χ0) is 21.6. The minimum absolute atomic E-state index is 0.0917. The molecule has 4 heterocycles. The van der Waals surface area contributed by atoms with Gasteiger partial charge in [0, 0.05) is 38.2 Å². The minimum Gasteiger partial charge on any atom is -0.353 e. The first-order valence-corrected chi connectivity index (χ1v) is 11.0. The molecule has 9 nitrogen and oxygen atoms in total. The second-order valence-corrected chi connectivity index (χ2v) is 8.80. The number of carbonyl (C=O) groups excluding carboxylic acids is 4. The molecule has 1 atom stereocenters. The summed E-state index contributed by atoms with van der Waals surface area (Å²) >= 11 is 0. The van der Waals surface area contributed by atoms with Gasteiger partial charge in [-0.2, -0.15) is 0 Å². The van der Waals surface area contributed by atoms with Gasteiger partial charge in [0.25, 0.3) is 5.91 Å². The Hall–Kier alpha value is -2.78. The topological polar surface area (TPSA) is 111 Å². The average molecular weight is 425 g/mol. The third kappa shape index (κ3) is 3.32. The molecule has 3 N–H and O–H groups in total. The predicted molar refractivity (Wildman–Crippen MR) is 111 cm³/mol. The van der Waals surface area contributed by atoms with E-state index in [-0.39, 0.29) is 24.1 Å². The lowest BCUT2D eigenvalue weighted by atomic mass is 9.83. The summed E-state index contributed by atoms with van der Waals surface area (Å²) in [5.74, 6) is -0.768. The molecule has 4 aliphatic heterocycles. The molecule has 164 valence electrons. The second kappa shape index (κ2) is 7.72. The number of imide groups is 1. The van der Waals surface area contributed by atoms with Crippen LogP contribution in [-0.4, -0.2) is 71.2 Å². The van der Waals surface area contributed by atoms with Crippen LogP contribution in [0.5, 0.6) is 0 Å². The predicted octanol–water partition coefficient (Wildman–Crippen LogP) is -0.498. The molecule has 1 aromatic rings. The van der Waals surface area contributed by atoms with Crippen molar-refractivity contribution in [3.63, 3.8) is 0 Å².